The lowest BCUT2D eigenvalue weighted by Gasteiger charge is -2.42. The highest BCUT2D eigenvalue weighted by molar-refractivity contribution is 5.86. The first-order valence-electron chi connectivity index (χ1n) is 7.84. The number of hydrogen-bond donors (Lipinski definition) is 2. The summed E-state index contributed by atoms with van der Waals surface area (Å²) in [5, 5.41) is 3.03. The van der Waals surface area contributed by atoms with Crippen molar-refractivity contribution in [3.63, 3.8) is 0 Å². The SMILES string of the molecule is CC1(C)COCCN1CCNC(=O)C1(N)CCCCC1.Cl.Cl. The van der Waals surface area contributed by atoms with Crippen LogP contribution in [0.3, 0.4) is 0 Å². The van der Waals surface area contributed by atoms with Crippen LogP contribution in [0.2, 0.25) is 0 Å². The minimum atomic E-state index is -0.626. The van der Waals surface area contributed by atoms with Gasteiger partial charge in [0.2, 0.25) is 5.91 Å². The molecular formula is C15H31Cl2N3O2. The topological polar surface area (TPSA) is 67.6 Å². The Bertz CT molecular complexity index is 348. The van der Waals surface area contributed by atoms with Crippen LogP contribution >= 0.6 is 24.8 Å². The number of nitrogens with two attached hydrogens (primary N) is 1. The molecule has 0 aromatic heterocycles. The van der Waals surface area contributed by atoms with Crippen LogP contribution in [0.4, 0.5) is 0 Å². The van der Waals surface area contributed by atoms with Crippen molar-refractivity contribution in [2.75, 3.05) is 32.8 Å². The standard InChI is InChI=1S/C15H29N3O2.2ClH/c1-14(2)12-20-11-10-18(14)9-8-17-13(19)15(16)6-4-3-5-7-15;;/h3-12,16H2,1-2H3,(H,17,19);2*1H. The molecule has 132 valence electrons. The van der Waals surface area contributed by atoms with Gasteiger partial charge in [0.15, 0.2) is 0 Å². The van der Waals surface area contributed by atoms with Crippen molar-refractivity contribution >= 4 is 30.7 Å². The zero-order chi connectivity index (χ0) is 14.6. The van der Waals surface area contributed by atoms with Crippen molar-refractivity contribution in [3.8, 4) is 0 Å². The van der Waals surface area contributed by atoms with Crippen LogP contribution in [0.25, 0.3) is 0 Å². The maximum Gasteiger partial charge on any atom is 0.240 e. The first-order chi connectivity index (χ1) is 9.44. The minimum absolute atomic E-state index is 0. The van der Waals surface area contributed by atoms with Crippen LogP contribution in [-0.4, -0.2) is 54.7 Å². The van der Waals surface area contributed by atoms with E-state index in [4.69, 9.17) is 10.5 Å². The molecule has 0 aromatic rings. The maximum absolute atomic E-state index is 12.2. The minimum Gasteiger partial charge on any atom is -0.378 e. The lowest BCUT2D eigenvalue weighted by atomic mass is 9.82. The summed E-state index contributed by atoms with van der Waals surface area (Å²) in [6, 6.07) is 0. The van der Waals surface area contributed by atoms with Gasteiger partial charge in [-0.3, -0.25) is 9.69 Å². The summed E-state index contributed by atoms with van der Waals surface area (Å²) in [6.45, 7) is 8.34. The lowest BCUT2D eigenvalue weighted by molar-refractivity contribution is -0.127. The summed E-state index contributed by atoms with van der Waals surface area (Å²) in [7, 11) is 0. The fourth-order valence-electron chi connectivity index (χ4n) is 3.20. The van der Waals surface area contributed by atoms with E-state index in [9.17, 15) is 4.79 Å². The van der Waals surface area contributed by atoms with Crippen LogP contribution in [0.5, 0.6) is 0 Å². The molecule has 1 heterocycles. The number of nitrogens with one attached hydrogen (secondary N) is 1. The number of rotatable bonds is 4. The number of amides is 1. The molecule has 2 aliphatic rings. The zero-order valence-corrected chi connectivity index (χ0v) is 15.4. The van der Waals surface area contributed by atoms with Crippen LogP contribution in [0.1, 0.15) is 46.0 Å². The molecule has 0 unspecified atom stereocenters. The van der Waals surface area contributed by atoms with Crippen LogP contribution in [-0.2, 0) is 9.53 Å². The Kier molecular flexibility index (Phi) is 9.25. The van der Waals surface area contributed by atoms with Gasteiger partial charge < -0.3 is 15.8 Å². The Morgan fingerprint density at radius 2 is 1.86 bits per heavy atom. The monoisotopic (exact) mass is 355 g/mol. The van der Waals surface area contributed by atoms with E-state index in [0.29, 0.717) is 6.54 Å². The van der Waals surface area contributed by atoms with Gasteiger partial charge in [0, 0.05) is 25.2 Å². The highest BCUT2D eigenvalue weighted by Gasteiger charge is 2.35. The van der Waals surface area contributed by atoms with Crippen molar-refractivity contribution in [3.05, 3.63) is 0 Å². The highest BCUT2D eigenvalue weighted by Crippen LogP contribution is 2.26. The number of morpholine rings is 1. The molecule has 0 bridgehead atoms. The molecule has 0 radical (unpaired) electrons. The van der Waals surface area contributed by atoms with Crippen molar-refractivity contribution in [1.82, 2.24) is 10.2 Å². The van der Waals surface area contributed by atoms with Crippen LogP contribution in [0.15, 0.2) is 0 Å². The van der Waals surface area contributed by atoms with Gasteiger partial charge in [-0.05, 0) is 26.7 Å². The van der Waals surface area contributed by atoms with Gasteiger partial charge in [0.25, 0.3) is 0 Å². The third kappa shape index (κ3) is 5.53. The Balaban J connectivity index is 0.00000220. The molecule has 1 aliphatic heterocycles. The molecule has 1 amide bonds. The Morgan fingerprint density at radius 3 is 2.45 bits per heavy atom. The van der Waals surface area contributed by atoms with Gasteiger partial charge in [-0.25, -0.2) is 0 Å². The Morgan fingerprint density at radius 1 is 1.23 bits per heavy atom. The molecule has 1 saturated heterocycles. The number of carbonyl (C=O) groups excluding carboxylic acids is 1. The third-order valence-corrected chi connectivity index (χ3v) is 4.68. The second-order valence-electron chi connectivity index (χ2n) is 6.82. The molecule has 22 heavy (non-hydrogen) atoms. The van der Waals surface area contributed by atoms with Crippen molar-refractivity contribution in [2.24, 2.45) is 5.73 Å². The van der Waals surface area contributed by atoms with E-state index in [2.05, 4.69) is 24.1 Å². The molecule has 5 nitrogen and oxygen atoms in total. The average Bonchev–Trinajstić information content (AvgIpc) is 2.41. The Hall–Kier alpha value is -0.0700. The Labute approximate surface area is 146 Å². The van der Waals surface area contributed by atoms with E-state index in [1.165, 1.54) is 6.42 Å². The second kappa shape index (κ2) is 9.28. The van der Waals surface area contributed by atoms with Gasteiger partial charge in [-0.1, -0.05) is 19.3 Å². The normalized spacial score (nSPS) is 23.8. The van der Waals surface area contributed by atoms with E-state index in [0.717, 1.165) is 52.0 Å². The molecule has 3 N–H and O–H groups in total. The lowest BCUT2D eigenvalue weighted by Crippen LogP contribution is -2.58. The zero-order valence-electron chi connectivity index (χ0n) is 13.7. The quantitative estimate of drug-likeness (QED) is 0.805. The van der Waals surface area contributed by atoms with Gasteiger partial charge in [-0.15, -0.1) is 24.8 Å². The van der Waals surface area contributed by atoms with E-state index in [-0.39, 0.29) is 36.3 Å². The van der Waals surface area contributed by atoms with E-state index >= 15 is 0 Å². The molecule has 1 saturated carbocycles. The maximum atomic E-state index is 12.2. The van der Waals surface area contributed by atoms with E-state index in [1.807, 2.05) is 0 Å². The van der Waals surface area contributed by atoms with Crippen molar-refractivity contribution < 1.29 is 9.53 Å². The smallest absolute Gasteiger partial charge is 0.240 e. The second-order valence-corrected chi connectivity index (χ2v) is 6.82. The molecule has 0 spiro atoms. The summed E-state index contributed by atoms with van der Waals surface area (Å²) in [6.07, 6.45) is 4.98. The number of halogens is 2. The van der Waals surface area contributed by atoms with Crippen LogP contribution < -0.4 is 11.1 Å². The van der Waals surface area contributed by atoms with Gasteiger partial charge >= 0.3 is 0 Å². The number of ether oxygens (including phenoxy) is 1. The van der Waals surface area contributed by atoms with Gasteiger partial charge in [0.1, 0.15) is 0 Å². The van der Waals surface area contributed by atoms with Crippen LogP contribution in [0, 0.1) is 0 Å². The molecule has 2 rings (SSSR count). The number of carbonyl (C=O) groups is 1. The van der Waals surface area contributed by atoms with Crippen molar-refractivity contribution in [1.29, 1.82) is 0 Å². The molecule has 2 fully saturated rings. The van der Waals surface area contributed by atoms with E-state index in [1.54, 1.807) is 0 Å². The van der Waals surface area contributed by atoms with Gasteiger partial charge in [0.05, 0.1) is 18.8 Å². The summed E-state index contributed by atoms with van der Waals surface area (Å²) in [4.78, 5) is 14.6. The van der Waals surface area contributed by atoms with E-state index < -0.39 is 5.54 Å². The number of hydrogen-bond acceptors (Lipinski definition) is 4. The molecule has 0 atom stereocenters. The fraction of sp³-hybridized carbons (Fsp3) is 0.933. The van der Waals surface area contributed by atoms with Gasteiger partial charge in [-0.2, -0.15) is 0 Å². The highest BCUT2D eigenvalue weighted by atomic mass is 35.5. The third-order valence-electron chi connectivity index (χ3n) is 4.68. The molecule has 1 aliphatic carbocycles. The first-order valence-corrected chi connectivity index (χ1v) is 7.84. The summed E-state index contributed by atoms with van der Waals surface area (Å²) < 4.78 is 5.50. The largest absolute Gasteiger partial charge is 0.378 e. The molecule has 7 heteroatoms. The first kappa shape index (κ1) is 21.9. The predicted octanol–water partition coefficient (Wildman–Crippen LogP) is 1.72. The van der Waals surface area contributed by atoms with Crippen molar-refractivity contribution in [2.45, 2.75) is 57.0 Å². The summed E-state index contributed by atoms with van der Waals surface area (Å²) in [5.74, 6) is 0.0308. The summed E-state index contributed by atoms with van der Waals surface area (Å²) >= 11 is 0. The fourth-order valence-corrected chi connectivity index (χ4v) is 3.20. The molecule has 0 aromatic carbocycles. The summed E-state index contributed by atoms with van der Waals surface area (Å²) in [5.41, 5.74) is 5.65. The predicted molar refractivity (Wildman–Crippen MR) is 94.0 cm³/mol. The number of nitrogens with zero attached hydrogens (tertiary/aromatic N) is 1. The average molecular weight is 356 g/mol. The molecular weight excluding hydrogens is 325 g/mol.